The van der Waals surface area contributed by atoms with E-state index in [1.54, 1.807) is 0 Å². The molecule has 2 rings (SSSR count). The molecule has 3 atom stereocenters. The van der Waals surface area contributed by atoms with Crippen molar-refractivity contribution in [2.45, 2.75) is 58.6 Å². The largest absolute Gasteiger partial charge is 0.376 e. The summed E-state index contributed by atoms with van der Waals surface area (Å²) in [5, 5.41) is 3.45. The number of hydrogen-bond donors (Lipinski definition) is 1. The second-order valence-corrected chi connectivity index (χ2v) is 7.25. The molecule has 1 aromatic rings. The lowest BCUT2D eigenvalue weighted by Gasteiger charge is -2.37. The third-order valence-corrected chi connectivity index (χ3v) is 4.31. The quantitative estimate of drug-likeness (QED) is 0.885. The zero-order valence-corrected chi connectivity index (χ0v) is 13.6. The molecule has 2 nitrogen and oxygen atoms in total. The van der Waals surface area contributed by atoms with Gasteiger partial charge in [-0.2, -0.15) is 0 Å². The molecular formula is C18H29NO. The lowest BCUT2D eigenvalue weighted by Crippen LogP contribution is -2.37. The minimum Gasteiger partial charge on any atom is -0.376 e. The van der Waals surface area contributed by atoms with E-state index in [0.717, 1.165) is 19.4 Å². The van der Waals surface area contributed by atoms with E-state index in [1.165, 1.54) is 11.1 Å². The summed E-state index contributed by atoms with van der Waals surface area (Å²) in [6.07, 6.45) is 2.50. The van der Waals surface area contributed by atoms with E-state index in [2.05, 4.69) is 57.3 Å². The van der Waals surface area contributed by atoms with Gasteiger partial charge in [0.25, 0.3) is 0 Å². The lowest BCUT2D eigenvalue weighted by molar-refractivity contribution is 0.00147. The van der Waals surface area contributed by atoms with E-state index in [0.29, 0.717) is 17.4 Å². The van der Waals surface area contributed by atoms with Crippen LogP contribution in [0.1, 0.15) is 63.6 Å². The van der Waals surface area contributed by atoms with Crippen molar-refractivity contribution in [3.8, 4) is 0 Å². The Kier molecular flexibility index (Phi) is 4.87. The standard InChI is InChI=1S/C18H29NO/c1-13-12-16(20-11-10-18(2,3)4)17(19-5)15-9-7-6-8-14(13)15/h6-9,13,16-17,19H,10-12H2,1-5H3. The van der Waals surface area contributed by atoms with Gasteiger partial charge in [0, 0.05) is 6.61 Å². The minimum atomic E-state index is 0.284. The maximum atomic E-state index is 6.23. The summed E-state index contributed by atoms with van der Waals surface area (Å²) < 4.78 is 6.23. The van der Waals surface area contributed by atoms with Crippen LogP contribution in [0, 0.1) is 5.41 Å². The van der Waals surface area contributed by atoms with Crippen molar-refractivity contribution in [1.82, 2.24) is 5.32 Å². The monoisotopic (exact) mass is 275 g/mol. The van der Waals surface area contributed by atoms with Crippen molar-refractivity contribution in [3.63, 3.8) is 0 Å². The Hall–Kier alpha value is -0.860. The average molecular weight is 275 g/mol. The molecule has 0 heterocycles. The molecule has 1 aliphatic rings. The van der Waals surface area contributed by atoms with Crippen LogP contribution >= 0.6 is 0 Å². The third kappa shape index (κ3) is 3.62. The molecule has 0 bridgehead atoms. The van der Waals surface area contributed by atoms with Crippen LogP contribution in [-0.4, -0.2) is 19.8 Å². The Morgan fingerprint density at radius 3 is 2.45 bits per heavy atom. The molecule has 0 aromatic heterocycles. The SMILES string of the molecule is CNC1c2ccccc2C(C)CC1OCCC(C)(C)C. The van der Waals surface area contributed by atoms with Crippen LogP contribution in [0.2, 0.25) is 0 Å². The maximum absolute atomic E-state index is 6.23. The second kappa shape index (κ2) is 6.28. The highest BCUT2D eigenvalue weighted by molar-refractivity contribution is 5.36. The Morgan fingerprint density at radius 2 is 1.85 bits per heavy atom. The first-order chi connectivity index (χ1) is 9.42. The smallest absolute Gasteiger partial charge is 0.0775 e. The van der Waals surface area contributed by atoms with Gasteiger partial charge in [0.05, 0.1) is 12.1 Å². The molecular weight excluding hydrogens is 246 g/mol. The van der Waals surface area contributed by atoms with Crippen LogP contribution in [0.3, 0.4) is 0 Å². The van der Waals surface area contributed by atoms with Crippen LogP contribution in [0.15, 0.2) is 24.3 Å². The van der Waals surface area contributed by atoms with E-state index in [-0.39, 0.29) is 6.10 Å². The molecule has 1 N–H and O–H groups in total. The Bertz CT molecular complexity index is 435. The summed E-state index contributed by atoms with van der Waals surface area (Å²) >= 11 is 0. The van der Waals surface area contributed by atoms with Crippen LogP contribution in [0.25, 0.3) is 0 Å². The van der Waals surface area contributed by atoms with Crippen LogP contribution in [-0.2, 0) is 4.74 Å². The van der Waals surface area contributed by atoms with E-state index in [1.807, 2.05) is 7.05 Å². The predicted molar refractivity (Wildman–Crippen MR) is 85.1 cm³/mol. The number of hydrogen-bond acceptors (Lipinski definition) is 2. The average Bonchev–Trinajstić information content (AvgIpc) is 2.38. The second-order valence-electron chi connectivity index (χ2n) is 7.25. The highest BCUT2D eigenvalue weighted by Crippen LogP contribution is 2.38. The van der Waals surface area contributed by atoms with Gasteiger partial charge >= 0.3 is 0 Å². The number of fused-ring (bicyclic) bond motifs is 1. The third-order valence-electron chi connectivity index (χ3n) is 4.31. The molecule has 0 saturated carbocycles. The molecule has 0 saturated heterocycles. The molecule has 1 aliphatic carbocycles. The van der Waals surface area contributed by atoms with Gasteiger partial charge in [-0.05, 0) is 42.3 Å². The molecule has 20 heavy (non-hydrogen) atoms. The van der Waals surface area contributed by atoms with Crippen LogP contribution in [0.4, 0.5) is 0 Å². The number of rotatable bonds is 4. The Morgan fingerprint density at radius 1 is 1.20 bits per heavy atom. The number of nitrogens with one attached hydrogen (secondary N) is 1. The molecule has 0 amide bonds. The van der Waals surface area contributed by atoms with Crippen molar-refractivity contribution in [2.75, 3.05) is 13.7 Å². The van der Waals surface area contributed by atoms with Gasteiger partial charge in [0.2, 0.25) is 0 Å². The molecule has 2 heteroatoms. The number of ether oxygens (including phenoxy) is 1. The fraction of sp³-hybridized carbons (Fsp3) is 0.667. The highest BCUT2D eigenvalue weighted by Gasteiger charge is 2.32. The molecule has 0 radical (unpaired) electrons. The minimum absolute atomic E-state index is 0.284. The summed E-state index contributed by atoms with van der Waals surface area (Å²) in [7, 11) is 2.04. The molecule has 3 unspecified atom stereocenters. The molecule has 0 spiro atoms. The molecule has 0 aliphatic heterocycles. The first kappa shape index (κ1) is 15.5. The summed E-state index contributed by atoms with van der Waals surface area (Å²) in [6.45, 7) is 9.96. The summed E-state index contributed by atoms with van der Waals surface area (Å²) in [6, 6.07) is 9.10. The van der Waals surface area contributed by atoms with Gasteiger partial charge in [-0.25, -0.2) is 0 Å². The van der Waals surface area contributed by atoms with Crippen LogP contribution in [0.5, 0.6) is 0 Å². The van der Waals surface area contributed by atoms with Crippen molar-refractivity contribution in [1.29, 1.82) is 0 Å². The van der Waals surface area contributed by atoms with Gasteiger partial charge in [-0.15, -0.1) is 0 Å². The van der Waals surface area contributed by atoms with Gasteiger partial charge in [-0.3, -0.25) is 0 Å². The van der Waals surface area contributed by atoms with Gasteiger partial charge in [0.15, 0.2) is 0 Å². The van der Waals surface area contributed by atoms with Crippen LogP contribution < -0.4 is 5.32 Å². The Labute approximate surface area is 123 Å². The normalized spacial score (nSPS) is 26.4. The number of benzene rings is 1. The number of likely N-dealkylation sites (N-methyl/N-ethyl adjacent to an activating group) is 1. The first-order valence-corrected chi connectivity index (χ1v) is 7.80. The van der Waals surface area contributed by atoms with E-state index in [4.69, 9.17) is 4.74 Å². The molecule has 1 aromatic carbocycles. The zero-order valence-electron chi connectivity index (χ0n) is 13.6. The molecule has 0 fully saturated rings. The van der Waals surface area contributed by atoms with E-state index >= 15 is 0 Å². The molecule has 112 valence electrons. The summed E-state index contributed by atoms with van der Waals surface area (Å²) in [5.74, 6) is 0.579. The fourth-order valence-electron chi connectivity index (χ4n) is 3.08. The highest BCUT2D eigenvalue weighted by atomic mass is 16.5. The van der Waals surface area contributed by atoms with E-state index < -0.39 is 0 Å². The van der Waals surface area contributed by atoms with Gasteiger partial charge < -0.3 is 10.1 Å². The van der Waals surface area contributed by atoms with Crippen molar-refractivity contribution in [3.05, 3.63) is 35.4 Å². The maximum Gasteiger partial charge on any atom is 0.0775 e. The Balaban J connectivity index is 2.08. The first-order valence-electron chi connectivity index (χ1n) is 7.80. The van der Waals surface area contributed by atoms with Gasteiger partial charge in [-0.1, -0.05) is 52.0 Å². The lowest BCUT2D eigenvalue weighted by atomic mass is 9.79. The predicted octanol–water partition coefficient (Wildman–Crippen LogP) is 4.28. The van der Waals surface area contributed by atoms with Crippen molar-refractivity contribution >= 4 is 0 Å². The van der Waals surface area contributed by atoms with Crippen molar-refractivity contribution in [2.24, 2.45) is 5.41 Å². The zero-order chi connectivity index (χ0) is 14.8. The van der Waals surface area contributed by atoms with Gasteiger partial charge in [0.1, 0.15) is 0 Å². The summed E-state index contributed by atoms with van der Waals surface area (Å²) in [4.78, 5) is 0. The topological polar surface area (TPSA) is 21.3 Å². The fourth-order valence-corrected chi connectivity index (χ4v) is 3.08. The van der Waals surface area contributed by atoms with Crippen molar-refractivity contribution < 1.29 is 4.74 Å². The summed E-state index contributed by atoms with van der Waals surface area (Å²) in [5.41, 5.74) is 3.23. The van der Waals surface area contributed by atoms with E-state index in [9.17, 15) is 0 Å².